The van der Waals surface area contributed by atoms with Gasteiger partial charge in [0, 0.05) is 16.8 Å². The molecule has 1 aliphatic carbocycles. The van der Waals surface area contributed by atoms with Crippen LogP contribution in [0.3, 0.4) is 0 Å². The quantitative estimate of drug-likeness (QED) is 0.872. The molecule has 2 nitrogen and oxygen atoms in total. The molecule has 1 atom stereocenters. The summed E-state index contributed by atoms with van der Waals surface area (Å²) in [5.41, 5.74) is 8.77. The third-order valence-electron chi connectivity index (χ3n) is 3.95. The Morgan fingerprint density at radius 2 is 2.00 bits per heavy atom. The van der Waals surface area contributed by atoms with Crippen molar-refractivity contribution in [2.24, 2.45) is 11.7 Å². The lowest BCUT2D eigenvalue weighted by Gasteiger charge is -2.27. The van der Waals surface area contributed by atoms with Crippen molar-refractivity contribution in [3.63, 3.8) is 0 Å². The zero-order valence-electron chi connectivity index (χ0n) is 10.4. The van der Waals surface area contributed by atoms with Crippen molar-refractivity contribution in [2.45, 2.75) is 38.1 Å². The van der Waals surface area contributed by atoms with Gasteiger partial charge >= 0.3 is 0 Å². The van der Waals surface area contributed by atoms with Crippen molar-refractivity contribution in [3.05, 3.63) is 36.1 Å². The van der Waals surface area contributed by atoms with E-state index in [0.29, 0.717) is 11.8 Å². The van der Waals surface area contributed by atoms with E-state index in [2.05, 4.69) is 32.0 Å². The van der Waals surface area contributed by atoms with E-state index in [0.717, 1.165) is 18.4 Å². The maximum atomic E-state index is 6.42. The minimum atomic E-state index is 0.0333. The third-order valence-corrected chi connectivity index (χ3v) is 3.95. The number of rotatable bonds is 3. The molecule has 1 aromatic carbocycles. The molecule has 2 N–H and O–H groups in total. The van der Waals surface area contributed by atoms with Crippen molar-refractivity contribution < 1.29 is 4.42 Å². The number of benzene rings is 1. The zero-order chi connectivity index (χ0) is 12.0. The van der Waals surface area contributed by atoms with Crippen molar-refractivity contribution in [1.82, 2.24) is 0 Å². The summed E-state index contributed by atoms with van der Waals surface area (Å²) < 4.78 is 5.38. The van der Waals surface area contributed by atoms with Crippen LogP contribution in [0.1, 0.15) is 38.2 Å². The highest BCUT2D eigenvalue weighted by atomic mass is 16.3. The molecule has 90 valence electrons. The van der Waals surface area contributed by atoms with E-state index in [-0.39, 0.29) is 5.54 Å². The van der Waals surface area contributed by atoms with Gasteiger partial charge in [-0.15, -0.1) is 0 Å². The van der Waals surface area contributed by atoms with E-state index < -0.39 is 0 Å². The average Bonchev–Trinajstić information content (AvgIpc) is 2.84. The van der Waals surface area contributed by atoms with Crippen LogP contribution < -0.4 is 5.73 Å². The molecule has 0 radical (unpaired) electrons. The maximum Gasteiger partial charge on any atom is 0.133 e. The van der Waals surface area contributed by atoms with Gasteiger partial charge in [0.2, 0.25) is 0 Å². The van der Waals surface area contributed by atoms with Crippen LogP contribution >= 0.6 is 0 Å². The largest absolute Gasteiger partial charge is 0.464 e. The van der Waals surface area contributed by atoms with Crippen LogP contribution in [-0.4, -0.2) is 5.54 Å². The number of hydrogen-bond acceptors (Lipinski definition) is 2. The fourth-order valence-corrected chi connectivity index (χ4v) is 3.01. The minimum Gasteiger partial charge on any atom is -0.464 e. The highest BCUT2D eigenvalue weighted by Crippen LogP contribution is 2.48. The summed E-state index contributed by atoms with van der Waals surface area (Å²) in [4.78, 5) is 0. The molecule has 1 fully saturated rings. The molecule has 0 spiro atoms. The summed E-state index contributed by atoms with van der Waals surface area (Å²) in [6.45, 7) is 4.52. The van der Waals surface area contributed by atoms with E-state index in [9.17, 15) is 0 Å². The third kappa shape index (κ3) is 1.77. The lowest BCUT2D eigenvalue weighted by Crippen LogP contribution is -2.33. The van der Waals surface area contributed by atoms with Gasteiger partial charge in [-0.1, -0.05) is 19.9 Å². The average molecular weight is 229 g/mol. The van der Waals surface area contributed by atoms with Gasteiger partial charge in [0.15, 0.2) is 0 Å². The molecule has 1 aromatic heterocycles. The molecule has 3 rings (SSSR count). The van der Waals surface area contributed by atoms with Crippen LogP contribution in [0.4, 0.5) is 0 Å². The summed E-state index contributed by atoms with van der Waals surface area (Å²) in [6.07, 6.45) is 4.05. The Morgan fingerprint density at radius 1 is 1.24 bits per heavy atom. The Kier molecular flexibility index (Phi) is 2.30. The first-order chi connectivity index (χ1) is 8.10. The van der Waals surface area contributed by atoms with E-state index in [1.54, 1.807) is 6.26 Å². The fourth-order valence-electron chi connectivity index (χ4n) is 3.01. The van der Waals surface area contributed by atoms with Crippen LogP contribution in [0.15, 0.2) is 34.9 Å². The van der Waals surface area contributed by atoms with Crippen molar-refractivity contribution in [1.29, 1.82) is 0 Å². The lowest BCUT2D eigenvalue weighted by atomic mass is 9.80. The standard InChI is InChI=1S/C15H19NO/c1-10(2)14(15(16)6-7-15)12-3-4-13-11(9-12)5-8-17-13/h3-5,8-10,14H,6-7,16H2,1-2H3. The van der Waals surface area contributed by atoms with Gasteiger partial charge in [-0.3, -0.25) is 0 Å². The molecule has 1 saturated carbocycles. The molecular weight excluding hydrogens is 210 g/mol. The van der Waals surface area contributed by atoms with Gasteiger partial charge in [-0.2, -0.15) is 0 Å². The van der Waals surface area contributed by atoms with Crippen molar-refractivity contribution in [2.75, 3.05) is 0 Å². The predicted octanol–water partition coefficient (Wildman–Crippen LogP) is 3.66. The second kappa shape index (κ2) is 3.61. The molecule has 0 amide bonds. The fraction of sp³-hybridized carbons (Fsp3) is 0.467. The van der Waals surface area contributed by atoms with Crippen molar-refractivity contribution >= 4 is 11.0 Å². The van der Waals surface area contributed by atoms with Gasteiger partial charge in [0.05, 0.1) is 6.26 Å². The summed E-state index contributed by atoms with van der Waals surface area (Å²) in [5.74, 6) is 1.04. The smallest absolute Gasteiger partial charge is 0.133 e. The van der Waals surface area contributed by atoms with Crippen LogP contribution in [0.25, 0.3) is 11.0 Å². The maximum absolute atomic E-state index is 6.42. The topological polar surface area (TPSA) is 39.2 Å². The monoisotopic (exact) mass is 229 g/mol. The Morgan fingerprint density at radius 3 is 2.65 bits per heavy atom. The summed E-state index contributed by atoms with van der Waals surface area (Å²) in [5, 5.41) is 1.18. The highest BCUT2D eigenvalue weighted by molar-refractivity contribution is 5.78. The van der Waals surface area contributed by atoms with E-state index in [1.807, 2.05) is 6.07 Å². The first-order valence-electron chi connectivity index (χ1n) is 6.36. The first-order valence-corrected chi connectivity index (χ1v) is 6.36. The molecule has 1 unspecified atom stereocenters. The SMILES string of the molecule is CC(C)C(c1ccc2occc2c1)C1(N)CC1. The van der Waals surface area contributed by atoms with Crippen LogP contribution in [0.2, 0.25) is 0 Å². The summed E-state index contributed by atoms with van der Waals surface area (Å²) in [7, 11) is 0. The number of furan rings is 1. The van der Waals surface area contributed by atoms with Crippen LogP contribution in [0.5, 0.6) is 0 Å². The van der Waals surface area contributed by atoms with Gasteiger partial charge in [-0.05, 0) is 42.5 Å². The second-order valence-corrected chi connectivity index (χ2v) is 5.67. The van der Waals surface area contributed by atoms with Crippen LogP contribution in [0, 0.1) is 5.92 Å². The van der Waals surface area contributed by atoms with Gasteiger partial charge < -0.3 is 10.2 Å². The Hall–Kier alpha value is -1.28. The Balaban J connectivity index is 2.05. The molecule has 0 saturated heterocycles. The molecule has 2 heteroatoms. The van der Waals surface area contributed by atoms with Crippen molar-refractivity contribution in [3.8, 4) is 0 Å². The summed E-state index contributed by atoms with van der Waals surface area (Å²) in [6, 6.07) is 8.48. The van der Waals surface area contributed by atoms with E-state index in [1.165, 1.54) is 10.9 Å². The van der Waals surface area contributed by atoms with Gasteiger partial charge in [-0.25, -0.2) is 0 Å². The van der Waals surface area contributed by atoms with Gasteiger partial charge in [0.25, 0.3) is 0 Å². The molecule has 17 heavy (non-hydrogen) atoms. The number of nitrogens with two attached hydrogens (primary N) is 1. The molecule has 1 aliphatic rings. The minimum absolute atomic E-state index is 0.0333. The highest BCUT2D eigenvalue weighted by Gasteiger charge is 2.47. The Bertz CT molecular complexity index is 537. The Labute approximate surface area is 102 Å². The first kappa shape index (κ1) is 10.8. The number of fused-ring (bicyclic) bond motifs is 1. The lowest BCUT2D eigenvalue weighted by molar-refractivity contribution is 0.403. The molecule has 1 heterocycles. The molecule has 2 aromatic rings. The second-order valence-electron chi connectivity index (χ2n) is 5.67. The molecular formula is C15H19NO. The van der Waals surface area contributed by atoms with E-state index >= 15 is 0 Å². The van der Waals surface area contributed by atoms with Gasteiger partial charge in [0.1, 0.15) is 5.58 Å². The number of hydrogen-bond donors (Lipinski definition) is 1. The van der Waals surface area contributed by atoms with E-state index in [4.69, 9.17) is 10.2 Å². The zero-order valence-corrected chi connectivity index (χ0v) is 10.4. The molecule has 0 aliphatic heterocycles. The predicted molar refractivity (Wildman–Crippen MR) is 69.9 cm³/mol. The van der Waals surface area contributed by atoms with Crippen LogP contribution in [-0.2, 0) is 0 Å². The normalized spacial score (nSPS) is 19.8. The summed E-state index contributed by atoms with van der Waals surface area (Å²) >= 11 is 0. The molecule has 0 bridgehead atoms.